The molecule has 0 aliphatic rings. The molecule has 0 saturated heterocycles. The molecule has 0 atom stereocenters. The number of Topliss-reactive ketones (excluding diaryl/α,β-unsaturated/α-hetero) is 1. The van der Waals surface area contributed by atoms with E-state index in [-0.39, 0.29) is 19.0 Å². The van der Waals surface area contributed by atoms with E-state index >= 15 is 0 Å². The third-order valence-electron chi connectivity index (χ3n) is 3.68. The van der Waals surface area contributed by atoms with Crippen LogP contribution in [0.5, 0.6) is 5.75 Å². The first-order valence-electron chi connectivity index (χ1n) is 7.63. The summed E-state index contributed by atoms with van der Waals surface area (Å²) in [7, 11) is 0. The third kappa shape index (κ3) is 4.09. The Morgan fingerprint density at radius 3 is 2.12 bits per heavy atom. The Morgan fingerprint density at radius 2 is 1.62 bits per heavy atom. The van der Waals surface area contributed by atoms with Crippen molar-refractivity contribution in [3.05, 3.63) is 65.2 Å². The predicted octanol–water partition coefficient (Wildman–Crippen LogP) is 3.45. The third-order valence-corrected chi connectivity index (χ3v) is 3.68. The van der Waals surface area contributed by atoms with Crippen molar-refractivity contribution in [3.8, 4) is 11.8 Å². The zero-order valence-corrected chi connectivity index (χ0v) is 13.7. The Hall–Kier alpha value is -2.90. The average molecular weight is 321 g/mol. The molecule has 24 heavy (non-hydrogen) atoms. The van der Waals surface area contributed by atoms with E-state index in [4.69, 9.17) is 15.1 Å². The number of carbonyl (C=O) groups is 1. The maximum absolute atomic E-state index is 12.2. The molecule has 1 N–H and O–H groups in total. The van der Waals surface area contributed by atoms with Crippen LogP contribution in [0.2, 0.25) is 0 Å². The molecule has 2 aromatic carbocycles. The maximum atomic E-state index is 12.2. The molecule has 0 unspecified atom stereocenters. The van der Waals surface area contributed by atoms with Gasteiger partial charge in [0, 0.05) is 5.57 Å². The molecule has 2 aromatic rings. The number of allylic oxidation sites excluding steroid dienone is 2. The van der Waals surface area contributed by atoms with Gasteiger partial charge in [0.2, 0.25) is 0 Å². The van der Waals surface area contributed by atoms with Crippen molar-refractivity contribution in [2.24, 2.45) is 0 Å². The Balaban J connectivity index is 2.40. The lowest BCUT2D eigenvalue weighted by Crippen LogP contribution is -2.02. The first-order valence-corrected chi connectivity index (χ1v) is 7.63. The molecule has 2 rings (SSSR count). The molecule has 0 fully saturated rings. The molecule has 4 heteroatoms. The second-order valence-corrected chi connectivity index (χ2v) is 5.34. The van der Waals surface area contributed by atoms with Gasteiger partial charge in [-0.25, -0.2) is 0 Å². The second kappa shape index (κ2) is 8.09. The van der Waals surface area contributed by atoms with E-state index in [0.717, 1.165) is 16.7 Å². The lowest BCUT2D eigenvalue weighted by Gasteiger charge is -2.12. The molecule has 0 heterocycles. The van der Waals surface area contributed by atoms with Gasteiger partial charge in [0.25, 0.3) is 0 Å². The molecule has 0 bridgehead atoms. The largest absolute Gasteiger partial charge is 0.491 e. The normalized spacial score (nSPS) is 11.4. The van der Waals surface area contributed by atoms with Crippen LogP contribution < -0.4 is 4.74 Å². The number of hydrogen-bond acceptors (Lipinski definition) is 4. The zero-order valence-electron chi connectivity index (χ0n) is 13.7. The zero-order chi connectivity index (χ0) is 17.5. The summed E-state index contributed by atoms with van der Waals surface area (Å²) in [5.41, 5.74) is 3.78. The van der Waals surface area contributed by atoms with Gasteiger partial charge in [0.05, 0.1) is 18.2 Å². The number of rotatable bonds is 6. The van der Waals surface area contributed by atoms with Crippen LogP contribution in [-0.2, 0) is 4.79 Å². The van der Waals surface area contributed by atoms with Crippen LogP contribution in [0.15, 0.2) is 48.5 Å². The van der Waals surface area contributed by atoms with Crippen molar-refractivity contribution in [2.45, 2.75) is 13.8 Å². The molecule has 0 aliphatic heterocycles. The number of aliphatic hydroxyl groups is 1. The highest BCUT2D eigenvalue weighted by Crippen LogP contribution is 2.28. The molecular weight excluding hydrogens is 302 g/mol. The number of carbonyl (C=O) groups excluding carboxylic acids is 1. The Bertz CT molecular complexity index is 781. The van der Waals surface area contributed by atoms with Crippen molar-refractivity contribution in [1.29, 1.82) is 5.26 Å². The van der Waals surface area contributed by atoms with Crippen LogP contribution in [0, 0.1) is 11.3 Å². The fourth-order valence-corrected chi connectivity index (χ4v) is 2.50. The number of hydrogen-bond donors (Lipinski definition) is 1. The predicted molar refractivity (Wildman–Crippen MR) is 93.3 cm³/mol. The van der Waals surface area contributed by atoms with Gasteiger partial charge in [0.15, 0.2) is 5.78 Å². The van der Waals surface area contributed by atoms with Crippen molar-refractivity contribution in [2.75, 3.05) is 13.2 Å². The summed E-state index contributed by atoms with van der Waals surface area (Å²) in [5.74, 6) is 0.618. The number of ketones is 1. The van der Waals surface area contributed by atoms with E-state index < -0.39 is 0 Å². The minimum atomic E-state index is -0.0435. The van der Waals surface area contributed by atoms with Gasteiger partial charge in [0.1, 0.15) is 12.4 Å². The standard InChI is InChI=1S/C20H19NO3/c1-14(17-5-3-16(13-21)4-6-17)20(15(2)23)18-7-9-19(10-8-18)24-12-11-22/h3-10,22H,11-12H2,1-2H3. The molecule has 122 valence electrons. The molecule has 0 saturated carbocycles. The molecule has 0 amide bonds. The van der Waals surface area contributed by atoms with Crippen LogP contribution in [0.4, 0.5) is 0 Å². The molecule has 0 aromatic heterocycles. The van der Waals surface area contributed by atoms with Crippen LogP contribution >= 0.6 is 0 Å². The summed E-state index contributed by atoms with van der Waals surface area (Å²) in [6, 6.07) is 16.5. The van der Waals surface area contributed by atoms with Crippen LogP contribution in [0.3, 0.4) is 0 Å². The quantitative estimate of drug-likeness (QED) is 0.653. The average Bonchev–Trinajstić information content (AvgIpc) is 2.61. The van der Waals surface area contributed by atoms with Crippen molar-refractivity contribution < 1.29 is 14.6 Å². The van der Waals surface area contributed by atoms with Crippen LogP contribution in [0.1, 0.15) is 30.5 Å². The van der Waals surface area contributed by atoms with Crippen LogP contribution in [0.25, 0.3) is 11.1 Å². The topological polar surface area (TPSA) is 70.3 Å². The van der Waals surface area contributed by atoms with Crippen molar-refractivity contribution in [1.82, 2.24) is 0 Å². The maximum Gasteiger partial charge on any atom is 0.160 e. The fourth-order valence-electron chi connectivity index (χ4n) is 2.50. The van der Waals surface area contributed by atoms with E-state index in [1.54, 1.807) is 31.2 Å². The summed E-state index contributed by atoms with van der Waals surface area (Å²) >= 11 is 0. The van der Waals surface area contributed by atoms with Gasteiger partial charge in [-0.05, 0) is 54.8 Å². The lowest BCUT2D eigenvalue weighted by atomic mass is 9.93. The number of benzene rings is 2. The summed E-state index contributed by atoms with van der Waals surface area (Å²) in [6.07, 6.45) is 0. The Labute approximate surface area is 141 Å². The fraction of sp³-hybridized carbons (Fsp3) is 0.200. The Morgan fingerprint density at radius 1 is 1.04 bits per heavy atom. The SMILES string of the molecule is CC(=O)C(=C(C)c1ccc(C#N)cc1)c1ccc(OCCO)cc1. The van der Waals surface area contributed by atoms with Crippen molar-refractivity contribution >= 4 is 16.9 Å². The minimum Gasteiger partial charge on any atom is -0.491 e. The lowest BCUT2D eigenvalue weighted by molar-refractivity contribution is -0.111. The van der Waals surface area contributed by atoms with Gasteiger partial charge in [-0.3, -0.25) is 4.79 Å². The first kappa shape index (κ1) is 17.5. The van der Waals surface area contributed by atoms with E-state index in [9.17, 15) is 4.79 Å². The number of ether oxygens (including phenoxy) is 1. The number of aliphatic hydroxyl groups excluding tert-OH is 1. The van der Waals surface area contributed by atoms with Crippen LogP contribution in [-0.4, -0.2) is 24.1 Å². The molecule has 0 aliphatic carbocycles. The van der Waals surface area contributed by atoms with E-state index in [1.165, 1.54) is 0 Å². The van der Waals surface area contributed by atoms with Gasteiger partial charge < -0.3 is 9.84 Å². The van der Waals surface area contributed by atoms with Gasteiger partial charge in [-0.2, -0.15) is 5.26 Å². The van der Waals surface area contributed by atoms with Gasteiger partial charge in [-0.1, -0.05) is 24.3 Å². The minimum absolute atomic E-state index is 0.0270. The van der Waals surface area contributed by atoms with Crippen molar-refractivity contribution in [3.63, 3.8) is 0 Å². The van der Waals surface area contributed by atoms with E-state index in [0.29, 0.717) is 16.9 Å². The highest BCUT2D eigenvalue weighted by atomic mass is 16.5. The molecule has 4 nitrogen and oxygen atoms in total. The summed E-state index contributed by atoms with van der Waals surface area (Å²) in [4.78, 5) is 12.2. The number of nitriles is 1. The highest BCUT2D eigenvalue weighted by Gasteiger charge is 2.13. The monoisotopic (exact) mass is 321 g/mol. The van der Waals surface area contributed by atoms with E-state index in [2.05, 4.69) is 6.07 Å². The molecule has 0 spiro atoms. The van der Waals surface area contributed by atoms with Gasteiger partial charge in [-0.15, -0.1) is 0 Å². The first-order chi connectivity index (χ1) is 11.6. The van der Waals surface area contributed by atoms with E-state index in [1.807, 2.05) is 31.2 Å². The van der Waals surface area contributed by atoms with Gasteiger partial charge >= 0.3 is 0 Å². The Kier molecular flexibility index (Phi) is 5.89. The number of nitrogens with zero attached hydrogens (tertiary/aromatic N) is 1. The summed E-state index contributed by atoms with van der Waals surface area (Å²) in [6.45, 7) is 3.63. The second-order valence-electron chi connectivity index (χ2n) is 5.34. The highest BCUT2D eigenvalue weighted by molar-refractivity contribution is 6.26. The molecule has 0 radical (unpaired) electrons. The smallest absolute Gasteiger partial charge is 0.160 e. The summed E-state index contributed by atoms with van der Waals surface area (Å²) < 4.78 is 5.34. The molecular formula is C20H19NO3. The summed E-state index contributed by atoms with van der Waals surface area (Å²) in [5, 5.41) is 17.7.